The van der Waals surface area contributed by atoms with Gasteiger partial charge < -0.3 is 23.5 Å². The molecule has 0 amide bonds. The number of aromatic nitrogens is 2. The van der Waals surface area contributed by atoms with Crippen molar-refractivity contribution < 1.29 is 18.9 Å². The van der Waals surface area contributed by atoms with E-state index in [0.717, 1.165) is 24.8 Å². The van der Waals surface area contributed by atoms with Gasteiger partial charge in [0.05, 0.1) is 19.4 Å². The van der Waals surface area contributed by atoms with Crippen LogP contribution in [-0.4, -0.2) is 37.0 Å². The summed E-state index contributed by atoms with van der Waals surface area (Å²) in [5.41, 5.74) is 1.61. The molecule has 1 aliphatic heterocycles. The number of methoxy groups -OCH3 is 2. The van der Waals surface area contributed by atoms with E-state index in [4.69, 9.17) is 23.9 Å². The van der Waals surface area contributed by atoms with Gasteiger partial charge >= 0.3 is 0 Å². The number of nitriles is 1. The number of hydrogen-bond acceptors (Lipinski definition) is 7. The van der Waals surface area contributed by atoms with Gasteiger partial charge in [0.1, 0.15) is 23.4 Å². The third kappa shape index (κ3) is 3.93. The molecule has 1 aliphatic carbocycles. The van der Waals surface area contributed by atoms with Crippen LogP contribution in [0.25, 0.3) is 11.4 Å². The van der Waals surface area contributed by atoms with Crippen LogP contribution in [0.2, 0.25) is 0 Å². The van der Waals surface area contributed by atoms with Crippen LogP contribution in [0.4, 0.5) is 0 Å². The van der Waals surface area contributed by atoms with E-state index in [2.05, 4.69) is 26.8 Å². The molecule has 8 heteroatoms. The second-order valence-corrected chi connectivity index (χ2v) is 9.28. The normalized spacial score (nSPS) is 17.1. The zero-order valence-corrected chi connectivity index (χ0v) is 19.2. The Labute approximate surface area is 187 Å². The fraction of sp³-hybridized carbons (Fsp3) is 0.542. The summed E-state index contributed by atoms with van der Waals surface area (Å²) in [5, 5.41) is 9.60. The van der Waals surface area contributed by atoms with Crippen LogP contribution in [0.15, 0.2) is 16.9 Å². The summed E-state index contributed by atoms with van der Waals surface area (Å²) in [6, 6.07) is 5.58. The zero-order valence-electron chi connectivity index (χ0n) is 19.2. The summed E-state index contributed by atoms with van der Waals surface area (Å²) < 4.78 is 24.7. The molecule has 1 atom stereocenters. The zero-order chi connectivity index (χ0) is 23.0. The minimum Gasteiger partial charge on any atom is -0.488 e. The van der Waals surface area contributed by atoms with Gasteiger partial charge in [0.15, 0.2) is 11.5 Å². The van der Waals surface area contributed by atoms with Crippen LogP contribution in [0.1, 0.15) is 63.3 Å². The SMILES string of the molecule is COCCCOc1cc2c(nc1OC)-c1c(cc(C#N)c(=O)n1C1CC1)[C@@H](C(C)(C)C)O2. The highest BCUT2D eigenvalue weighted by Gasteiger charge is 2.41. The molecule has 3 heterocycles. The standard InChI is InChI=1S/C24H29N3O5/c1-24(2,3)21-16-11-14(13-25)23(28)27(15-7-8-15)20(16)19-17(32-21)12-18(22(26-19)30-5)31-10-6-9-29-4/h11-12,15,21H,6-10H2,1-5H3/t21-/m0/s1. The van der Waals surface area contributed by atoms with E-state index in [0.29, 0.717) is 42.0 Å². The Hall–Kier alpha value is -3.05. The molecule has 2 aromatic heterocycles. The summed E-state index contributed by atoms with van der Waals surface area (Å²) in [6.07, 6.45) is 2.16. The van der Waals surface area contributed by atoms with E-state index in [9.17, 15) is 10.1 Å². The highest BCUT2D eigenvalue weighted by molar-refractivity contribution is 5.72. The Morgan fingerprint density at radius 2 is 2.00 bits per heavy atom. The van der Waals surface area contributed by atoms with Crippen molar-refractivity contribution in [3.63, 3.8) is 0 Å². The molecule has 2 aliphatic rings. The van der Waals surface area contributed by atoms with Gasteiger partial charge in [-0.1, -0.05) is 20.8 Å². The molecule has 0 aromatic carbocycles. The fourth-order valence-corrected chi connectivity index (χ4v) is 4.06. The first-order valence-electron chi connectivity index (χ1n) is 10.9. The maximum absolute atomic E-state index is 13.1. The molecule has 0 bridgehead atoms. The predicted octanol–water partition coefficient (Wildman–Crippen LogP) is 4.02. The highest BCUT2D eigenvalue weighted by Crippen LogP contribution is 2.51. The summed E-state index contributed by atoms with van der Waals surface area (Å²) >= 11 is 0. The molecule has 170 valence electrons. The summed E-state index contributed by atoms with van der Waals surface area (Å²) in [4.78, 5) is 17.9. The Kier molecular flexibility index (Phi) is 5.87. The molecule has 0 saturated heterocycles. The van der Waals surface area contributed by atoms with Gasteiger partial charge in [-0.2, -0.15) is 5.26 Å². The molecule has 1 fully saturated rings. The number of pyridine rings is 2. The second-order valence-electron chi connectivity index (χ2n) is 9.28. The van der Waals surface area contributed by atoms with Crippen molar-refractivity contribution in [1.29, 1.82) is 5.26 Å². The van der Waals surface area contributed by atoms with E-state index in [1.165, 1.54) is 7.11 Å². The number of fused-ring (bicyclic) bond motifs is 3. The smallest absolute Gasteiger partial charge is 0.269 e. The van der Waals surface area contributed by atoms with Gasteiger partial charge in [0.25, 0.3) is 11.4 Å². The topological polar surface area (TPSA) is 95.6 Å². The van der Waals surface area contributed by atoms with Crippen molar-refractivity contribution in [3.05, 3.63) is 33.6 Å². The molecule has 0 N–H and O–H groups in total. The first-order valence-corrected chi connectivity index (χ1v) is 10.9. The molecule has 0 radical (unpaired) electrons. The maximum Gasteiger partial charge on any atom is 0.269 e. The number of rotatable bonds is 7. The van der Waals surface area contributed by atoms with Gasteiger partial charge in [-0.3, -0.25) is 4.79 Å². The molecular formula is C24H29N3O5. The highest BCUT2D eigenvalue weighted by atomic mass is 16.5. The Balaban J connectivity index is 1.91. The third-order valence-corrected chi connectivity index (χ3v) is 5.70. The number of nitrogens with zero attached hydrogens (tertiary/aromatic N) is 3. The van der Waals surface area contributed by atoms with E-state index in [-0.39, 0.29) is 28.7 Å². The van der Waals surface area contributed by atoms with E-state index in [1.807, 2.05) is 0 Å². The van der Waals surface area contributed by atoms with Crippen molar-refractivity contribution in [2.24, 2.45) is 5.41 Å². The summed E-state index contributed by atoms with van der Waals surface area (Å²) in [6.45, 7) is 7.26. The van der Waals surface area contributed by atoms with Crippen molar-refractivity contribution in [2.45, 2.75) is 52.2 Å². The second kappa shape index (κ2) is 8.47. The first kappa shape index (κ1) is 22.2. The molecule has 8 nitrogen and oxygen atoms in total. The summed E-state index contributed by atoms with van der Waals surface area (Å²) in [5.74, 6) is 1.34. The quantitative estimate of drug-likeness (QED) is 0.601. The maximum atomic E-state index is 13.1. The Morgan fingerprint density at radius 3 is 2.59 bits per heavy atom. The van der Waals surface area contributed by atoms with Crippen LogP contribution in [0, 0.1) is 16.7 Å². The van der Waals surface area contributed by atoms with Gasteiger partial charge in [0, 0.05) is 43.2 Å². The van der Waals surface area contributed by atoms with Crippen molar-refractivity contribution in [3.8, 4) is 34.8 Å². The third-order valence-electron chi connectivity index (χ3n) is 5.70. The van der Waals surface area contributed by atoms with Crippen LogP contribution >= 0.6 is 0 Å². The lowest BCUT2D eigenvalue weighted by Gasteiger charge is -2.37. The van der Waals surface area contributed by atoms with E-state index in [1.54, 1.807) is 23.8 Å². The van der Waals surface area contributed by atoms with Gasteiger partial charge in [-0.15, -0.1) is 0 Å². The van der Waals surface area contributed by atoms with E-state index >= 15 is 0 Å². The van der Waals surface area contributed by atoms with Crippen molar-refractivity contribution in [2.75, 3.05) is 27.4 Å². The molecule has 0 spiro atoms. The lowest BCUT2D eigenvalue weighted by atomic mass is 9.81. The number of hydrogen-bond donors (Lipinski definition) is 0. The average Bonchev–Trinajstić information content (AvgIpc) is 3.59. The van der Waals surface area contributed by atoms with Crippen molar-refractivity contribution >= 4 is 0 Å². The van der Waals surface area contributed by atoms with Crippen LogP contribution in [-0.2, 0) is 4.74 Å². The van der Waals surface area contributed by atoms with Crippen LogP contribution < -0.4 is 19.8 Å². The molecule has 32 heavy (non-hydrogen) atoms. The van der Waals surface area contributed by atoms with Gasteiger partial charge in [-0.05, 0) is 18.9 Å². The van der Waals surface area contributed by atoms with Crippen LogP contribution in [0.5, 0.6) is 17.4 Å². The average molecular weight is 440 g/mol. The Bertz CT molecular complexity index is 1120. The summed E-state index contributed by atoms with van der Waals surface area (Å²) in [7, 11) is 3.18. The molecule has 4 rings (SSSR count). The molecule has 0 unspecified atom stereocenters. The largest absolute Gasteiger partial charge is 0.488 e. The van der Waals surface area contributed by atoms with E-state index < -0.39 is 0 Å². The number of ether oxygens (including phenoxy) is 4. The van der Waals surface area contributed by atoms with Crippen LogP contribution in [0.3, 0.4) is 0 Å². The minimum absolute atomic E-state index is 0.0638. The monoisotopic (exact) mass is 439 g/mol. The molecular weight excluding hydrogens is 410 g/mol. The Morgan fingerprint density at radius 1 is 1.25 bits per heavy atom. The fourth-order valence-electron chi connectivity index (χ4n) is 4.06. The lowest BCUT2D eigenvalue weighted by molar-refractivity contribution is 0.0822. The predicted molar refractivity (Wildman–Crippen MR) is 118 cm³/mol. The lowest BCUT2D eigenvalue weighted by Crippen LogP contribution is -2.33. The molecule has 2 aromatic rings. The minimum atomic E-state index is -0.362. The van der Waals surface area contributed by atoms with Crippen molar-refractivity contribution in [1.82, 2.24) is 9.55 Å². The van der Waals surface area contributed by atoms with Gasteiger partial charge in [-0.25, -0.2) is 4.98 Å². The molecule has 1 saturated carbocycles. The van der Waals surface area contributed by atoms with Gasteiger partial charge in [0.2, 0.25) is 0 Å². The first-order chi connectivity index (χ1) is 15.3.